The molecule has 0 saturated carbocycles. The van der Waals surface area contributed by atoms with Gasteiger partial charge in [-0.05, 0) is 12.8 Å². The second-order valence-corrected chi connectivity index (χ2v) is 6.63. The van der Waals surface area contributed by atoms with Gasteiger partial charge in [-0.1, -0.05) is 12.8 Å². The number of urea groups is 1. The van der Waals surface area contributed by atoms with Gasteiger partial charge in [-0.3, -0.25) is 0 Å². The molecule has 0 spiro atoms. The maximum absolute atomic E-state index is 12.0. The topological polar surface area (TPSA) is 116 Å². The van der Waals surface area contributed by atoms with Crippen molar-refractivity contribution < 1.29 is 23.1 Å². The molecule has 0 radical (unpaired) electrons. The van der Waals surface area contributed by atoms with Crippen molar-refractivity contribution in [2.45, 2.75) is 31.7 Å². The minimum Gasteiger partial charge on any atom is -0.480 e. The van der Waals surface area contributed by atoms with Crippen LogP contribution in [0.25, 0.3) is 0 Å². The van der Waals surface area contributed by atoms with Crippen molar-refractivity contribution in [1.29, 1.82) is 0 Å². The first-order valence-corrected chi connectivity index (χ1v) is 8.42. The van der Waals surface area contributed by atoms with Crippen LogP contribution in [0.15, 0.2) is 0 Å². The lowest BCUT2D eigenvalue weighted by atomic mass is 10.1. The van der Waals surface area contributed by atoms with Gasteiger partial charge in [0.2, 0.25) is 10.0 Å². The van der Waals surface area contributed by atoms with Gasteiger partial charge in [0.05, 0.1) is 6.26 Å². The summed E-state index contributed by atoms with van der Waals surface area (Å²) in [6, 6.07) is -1.27. The molecule has 8 nitrogen and oxygen atoms in total. The molecule has 0 aromatic carbocycles. The quantitative estimate of drug-likeness (QED) is 0.596. The molecule has 1 fully saturated rings. The minimum atomic E-state index is -3.29. The summed E-state index contributed by atoms with van der Waals surface area (Å²) in [4.78, 5) is 24.4. The van der Waals surface area contributed by atoms with Crippen molar-refractivity contribution in [3.63, 3.8) is 0 Å². The fourth-order valence-corrected chi connectivity index (χ4v) is 2.59. The number of amides is 2. The molecule has 1 aliphatic heterocycles. The molecule has 9 heteroatoms. The number of hydrogen-bond donors (Lipinski definition) is 3. The van der Waals surface area contributed by atoms with E-state index >= 15 is 0 Å². The van der Waals surface area contributed by atoms with Crippen LogP contribution >= 0.6 is 0 Å². The molecule has 1 saturated heterocycles. The van der Waals surface area contributed by atoms with Crippen LogP contribution in [0, 0.1) is 0 Å². The van der Waals surface area contributed by atoms with Crippen LogP contribution in [0.4, 0.5) is 4.79 Å². The van der Waals surface area contributed by atoms with Crippen LogP contribution in [0.2, 0.25) is 0 Å². The number of nitrogens with zero attached hydrogens (tertiary/aromatic N) is 1. The maximum Gasteiger partial charge on any atom is 0.326 e. The van der Waals surface area contributed by atoms with E-state index in [1.165, 1.54) is 4.90 Å². The monoisotopic (exact) mass is 307 g/mol. The molecule has 1 atom stereocenters. The van der Waals surface area contributed by atoms with Gasteiger partial charge in [0.15, 0.2) is 0 Å². The summed E-state index contributed by atoms with van der Waals surface area (Å²) in [6.07, 6.45) is 3.95. The van der Waals surface area contributed by atoms with E-state index in [0.29, 0.717) is 13.0 Å². The molecular weight excluding hydrogens is 286 g/mol. The van der Waals surface area contributed by atoms with E-state index in [-0.39, 0.29) is 13.1 Å². The molecule has 0 aromatic heterocycles. The van der Waals surface area contributed by atoms with Crippen LogP contribution in [-0.4, -0.2) is 62.4 Å². The van der Waals surface area contributed by atoms with Gasteiger partial charge < -0.3 is 15.3 Å². The summed E-state index contributed by atoms with van der Waals surface area (Å²) < 4.78 is 24.0. The van der Waals surface area contributed by atoms with E-state index in [1.807, 2.05) is 0 Å². The maximum atomic E-state index is 12.0. The Kier molecular flexibility index (Phi) is 6.21. The van der Waals surface area contributed by atoms with E-state index < -0.39 is 28.1 Å². The van der Waals surface area contributed by atoms with Crippen LogP contribution in [0.3, 0.4) is 0 Å². The zero-order valence-electron chi connectivity index (χ0n) is 11.5. The Hall–Kier alpha value is -1.35. The highest BCUT2D eigenvalue weighted by atomic mass is 32.2. The third kappa shape index (κ3) is 5.74. The average Bonchev–Trinajstić information content (AvgIpc) is 2.58. The predicted octanol–water partition coefficient (Wildman–Crippen LogP) is -0.426. The first-order chi connectivity index (χ1) is 9.31. The number of carbonyl (C=O) groups excluding carboxylic acids is 1. The van der Waals surface area contributed by atoms with Gasteiger partial charge in [0.1, 0.15) is 6.04 Å². The highest BCUT2D eigenvalue weighted by molar-refractivity contribution is 7.88. The molecular formula is C11H21N3O5S. The minimum absolute atomic E-state index is 0.0795. The van der Waals surface area contributed by atoms with Gasteiger partial charge in [-0.15, -0.1) is 0 Å². The number of carbonyl (C=O) groups is 2. The fourth-order valence-electron chi connectivity index (χ4n) is 2.12. The smallest absolute Gasteiger partial charge is 0.326 e. The molecule has 1 heterocycles. The fraction of sp³-hybridized carbons (Fsp3) is 0.818. The number of nitrogens with one attached hydrogen (secondary N) is 2. The largest absolute Gasteiger partial charge is 0.480 e. The number of aliphatic carboxylic acids is 1. The number of hydrogen-bond acceptors (Lipinski definition) is 4. The summed E-state index contributed by atoms with van der Waals surface area (Å²) in [7, 11) is -3.29. The van der Waals surface area contributed by atoms with Crippen LogP contribution < -0.4 is 10.0 Å². The third-order valence-corrected chi connectivity index (χ3v) is 3.79. The van der Waals surface area contributed by atoms with Crippen molar-refractivity contribution >= 4 is 22.0 Å². The molecule has 1 unspecified atom stereocenters. The van der Waals surface area contributed by atoms with Crippen molar-refractivity contribution in [1.82, 2.24) is 14.9 Å². The van der Waals surface area contributed by atoms with Crippen LogP contribution in [0.5, 0.6) is 0 Å². The van der Waals surface area contributed by atoms with E-state index in [4.69, 9.17) is 5.11 Å². The first kappa shape index (κ1) is 16.7. The SMILES string of the molecule is CS(=O)(=O)NCCNC(=O)N1CCCCCC1C(=O)O. The molecule has 0 aliphatic carbocycles. The summed E-state index contributed by atoms with van der Waals surface area (Å²) in [6.45, 7) is 0.604. The Labute approximate surface area is 118 Å². The Morgan fingerprint density at radius 1 is 1.25 bits per heavy atom. The Bertz CT molecular complexity index is 451. The van der Waals surface area contributed by atoms with E-state index in [9.17, 15) is 18.0 Å². The first-order valence-electron chi connectivity index (χ1n) is 6.53. The Morgan fingerprint density at radius 3 is 2.55 bits per heavy atom. The standard InChI is InChI=1S/C11H21N3O5S/c1-20(18,19)13-7-6-12-11(17)14-8-4-2-3-5-9(14)10(15)16/h9,13H,2-8H2,1H3,(H,12,17)(H,15,16). The highest BCUT2D eigenvalue weighted by Crippen LogP contribution is 2.17. The predicted molar refractivity (Wildman–Crippen MR) is 72.8 cm³/mol. The molecule has 1 rings (SSSR count). The van der Waals surface area contributed by atoms with Crippen LogP contribution in [-0.2, 0) is 14.8 Å². The summed E-state index contributed by atoms with van der Waals surface area (Å²) in [5.74, 6) is -1.00. The number of likely N-dealkylation sites (tertiary alicyclic amines) is 1. The van der Waals surface area contributed by atoms with Gasteiger partial charge in [0, 0.05) is 19.6 Å². The summed E-state index contributed by atoms with van der Waals surface area (Å²) in [5, 5.41) is 11.7. The molecule has 0 aromatic rings. The van der Waals surface area contributed by atoms with Gasteiger partial charge in [-0.25, -0.2) is 22.7 Å². The van der Waals surface area contributed by atoms with E-state index in [1.54, 1.807) is 0 Å². The van der Waals surface area contributed by atoms with Gasteiger partial charge in [0.25, 0.3) is 0 Å². The molecule has 1 aliphatic rings. The van der Waals surface area contributed by atoms with Gasteiger partial charge >= 0.3 is 12.0 Å². The molecule has 116 valence electrons. The van der Waals surface area contributed by atoms with Crippen molar-refractivity contribution in [3.8, 4) is 0 Å². The van der Waals surface area contributed by atoms with Crippen LogP contribution in [0.1, 0.15) is 25.7 Å². The molecule has 2 amide bonds. The number of carboxylic acid groups (broad SMARTS) is 1. The zero-order chi connectivity index (χ0) is 15.2. The number of rotatable bonds is 5. The Morgan fingerprint density at radius 2 is 1.95 bits per heavy atom. The molecule has 3 N–H and O–H groups in total. The second-order valence-electron chi connectivity index (χ2n) is 4.80. The number of carboxylic acids is 1. The lowest BCUT2D eigenvalue weighted by Crippen LogP contribution is -2.50. The third-order valence-electron chi connectivity index (χ3n) is 3.06. The average molecular weight is 307 g/mol. The normalized spacial score (nSPS) is 20.2. The lowest BCUT2D eigenvalue weighted by Gasteiger charge is -2.27. The van der Waals surface area contributed by atoms with Crippen molar-refractivity contribution in [2.24, 2.45) is 0 Å². The number of sulfonamides is 1. The summed E-state index contributed by atoms with van der Waals surface area (Å²) in [5.41, 5.74) is 0. The Balaban J connectivity index is 2.48. The second kappa shape index (κ2) is 7.44. The highest BCUT2D eigenvalue weighted by Gasteiger charge is 2.30. The lowest BCUT2D eigenvalue weighted by molar-refractivity contribution is -0.142. The van der Waals surface area contributed by atoms with E-state index in [2.05, 4.69) is 10.0 Å². The zero-order valence-corrected chi connectivity index (χ0v) is 12.3. The van der Waals surface area contributed by atoms with Crippen molar-refractivity contribution in [3.05, 3.63) is 0 Å². The van der Waals surface area contributed by atoms with Crippen molar-refractivity contribution in [2.75, 3.05) is 25.9 Å². The van der Waals surface area contributed by atoms with Gasteiger partial charge in [-0.2, -0.15) is 0 Å². The molecule has 20 heavy (non-hydrogen) atoms. The van der Waals surface area contributed by atoms with E-state index in [0.717, 1.165) is 25.5 Å². The summed E-state index contributed by atoms with van der Waals surface area (Å²) >= 11 is 0. The molecule has 0 bridgehead atoms.